The first-order chi connectivity index (χ1) is 10.4. The van der Waals surface area contributed by atoms with E-state index in [1.54, 1.807) is 0 Å². The van der Waals surface area contributed by atoms with Gasteiger partial charge in [0, 0.05) is 25.0 Å². The lowest BCUT2D eigenvalue weighted by atomic mass is 10.0. The van der Waals surface area contributed by atoms with Gasteiger partial charge in [0.05, 0.1) is 17.8 Å². The second-order valence-corrected chi connectivity index (χ2v) is 6.54. The number of hydrogen-bond acceptors (Lipinski definition) is 3. The number of para-hydroxylation sites is 1. The van der Waals surface area contributed by atoms with Crippen molar-refractivity contribution in [2.24, 2.45) is 5.92 Å². The fraction of sp³-hybridized carbons (Fsp3) is 0.588. The van der Waals surface area contributed by atoms with Crippen molar-refractivity contribution in [3.63, 3.8) is 0 Å². The van der Waals surface area contributed by atoms with Gasteiger partial charge in [-0.05, 0) is 44.3 Å². The zero-order chi connectivity index (χ0) is 14.1. The molecule has 3 heterocycles. The second-order valence-electron chi connectivity index (χ2n) is 6.54. The summed E-state index contributed by atoms with van der Waals surface area (Å²) in [7, 11) is 0. The normalized spacial score (nSPS) is 24.9. The molecule has 2 saturated heterocycles. The quantitative estimate of drug-likeness (QED) is 0.938. The Labute approximate surface area is 126 Å². The molecule has 2 aromatic rings. The number of aromatic nitrogens is 2. The molecule has 4 heteroatoms. The van der Waals surface area contributed by atoms with Crippen LogP contribution in [0, 0.1) is 5.92 Å². The largest absolute Gasteiger partial charge is 0.316 e. The van der Waals surface area contributed by atoms with Crippen molar-refractivity contribution < 1.29 is 0 Å². The first-order valence-corrected chi connectivity index (χ1v) is 8.25. The Bertz CT molecular complexity index is 592. The molecular weight excluding hydrogens is 260 g/mol. The summed E-state index contributed by atoms with van der Waals surface area (Å²) in [4.78, 5) is 2.65. The van der Waals surface area contributed by atoms with E-state index in [1.807, 2.05) is 6.20 Å². The Morgan fingerprint density at radius 3 is 2.81 bits per heavy atom. The van der Waals surface area contributed by atoms with Crippen LogP contribution >= 0.6 is 0 Å². The number of nitrogens with one attached hydrogen (secondary N) is 1. The maximum atomic E-state index is 4.64. The highest BCUT2D eigenvalue weighted by Gasteiger charge is 2.25. The van der Waals surface area contributed by atoms with Gasteiger partial charge in [-0.3, -0.25) is 4.68 Å². The number of fused-ring (bicyclic) bond motifs is 1. The van der Waals surface area contributed by atoms with Gasteiger partial charge in [0.1, 0.15) is 0 Å². The van der Waals surface area contributed by atoms with Gasteiger partial charge in [-0.25, -0.2) is 0 Å². The lowest BCUT2D eigenvalue weighted by Crippen LogP contribution is -2.38. The minimum Gasteiger partial charge on any atom is -0.316 e. The molecule has 0 spiro atoms. The van der Waals surface area contributed by atoms with Crippen molar-refractivity contribution in [3.8, 4) is 0 Å². The van der Waals surface area contributed by atoms with Crippen molar-refractivity contribution in [2.75, 3.05) is 32.7 Å². The van der Waals surface area contributed by atoms with E-state index < -0.39 is 0 Å². The molecule has 4 nitrogen and oxygen atoms in total. The van der Waals surface area contributed by atoms with Gasteiger partial charge in [0.15, 0.2) is 0 Å². The van der Waals surface area contributed by atoms with E-state index in [9.17, 15) is 0 Å². The lowest BCUT2D eigenvalue weighted by Gasteiger charge is -2.33. The van der Waals surface area contributed by atoms with Gasteiger partial charge >= 0.3 is 0 Å². The van der Waals surface area contributed by atoms with Crippen molar-refractivity contribution in [1.82, 2.24) is 20.0 Å². The Morgan fingerprint density at radius 2 is 2.00 bits per heavy atom. The molecule has 0 aliphatic carbocycles. The molecule has 1 N–H and O–H groups in total. The molecule has 2 aliphatic rings. The maximum absolute atomic E-state index is 4.64. The Balaban J connectivity index is 1.40. The van der Waals surface area contributed by atoms with E-state index in [1.165, 1.54) is 62.9 Å². The number of hydrogen-bond donors (Lipinski definition) is 1. The molecule has 0 saturated carbocycles. The highest BCUT2D eigenvalue weighted by Crippen LogP contribution is 2.26. The molecule has 1 unspecified atom stereocenters. The molecular formula is C17H24N4. The van der Waals surface area contributed by atoms with Crippen LogP contribution in [0.3, 0.4) is 0 Å². The van der Waals surface area contributed by atoms with Crippen LogP contribution in [-0.2, 0) is 0 Å². The number of rotatable bonds is 3. The number of likely N-dealkylation sites (tertiary alicyclic amines) is 1. The summed E-state index contributed by atoms with van der Waals surface area (Å²) in [5, 5.41) is 9.37. The monoisotopic (exact) mass is 284 g/mol. The summed E-state index contributed by atoms with van der Waals surface area (Å²) < 4.78 is 2.25. The van der Waals surface area contributed by atoms with Crippen LogP contribution in [0.4, 0.5) is 0 Å². The minimum absolute atomic E-state index is 0.572. The minimum atomic E-state index is 0.572. The molecule has 0 radical (unpaired) electrons. The smallest absolute Gasteiger partial charge is 0.0685 e. The summed E-state index contributed by atoms with van der Waals surface area (Å²) in [6.07, 6.45) is 5.81. The van der Waals surface area contributed by atoms with Crippen molar-refractivity contribution in [1.29, 1.82) is 0 Å². The van der Waals surface area contributed by atoms with Crippen LogP contribution in [0.5, 0.6) is 0 Å². The molecule has 21 heavy (non-hydrogen) atoms. The van der Waals surface area contributed by atoms with Crippen LogP contribution in [0.15, 0.2) is 30.5 Å². The molecule has 112 valence electrons. The zero-order valence-corrected chi connectivity index (χ0v) is 12.5. The summed E-state index contributed by atoms with van der Waals surface area (Å²) in [5.41, 5.74) is 1.29. The van der Waals surface area contributed by atoms with Gasteiger partial charge in [-0.1, -0.05) is 18.2 Å². The first-order valence-electron chi connectivity index (χ1n) is 8.25. The molecule has 1 atom stereocenters. The third-order valence-electron chi connectivity index (χ3n) is 5.09. The summed E-state index contributed by atoms with van der Waals surface area (Å²) >= 11 is 0. The van der Waals surface area contributed by atoms with Gasteiger partial charge in [-0.2, -0.15) is 5.10 Å². The summed E-state index contributed by atoms with van der Waals surface area (Å²) in [5.74, 6) is 0.868. The second kappa shape index (κ2) is 5.78. The van der Waals surface area contributed by atoms with Gasteiger partial charge in [0.2, 0.25) is 0 Å². The van der Waals surface area contributed by atoms with Crippen LogP contribution < -0.4 is 5.32 Å². The zero-order valence-electron chi connectivity index (χ0n) is 12.5. The average molecular weight is 284 g/mol. The van der Waals surface area contributed by atoms with E-state index in [0.717, 1.165) is 5.92 Å². The predicted octanol–water partition coefficient (Wildman–Crippen LogP) is 2.28. The number of piperidine rings is 1. The van der Waals surface area contributed by atoms with Gasteiger partial charge in [-0.15, -0.1) is 0 Å². The highest BCUT2D eigenvalue weighted by molar-refractivity contribution is 5.78. The summed E-state index contributed by atoms with van der Waals surface area (Å²) in [6, 6.07) is 9.12. The van der Waals surface area contributed by atoms with Crippen LogP contribution in [-0.4, -0.2) is 47.4 Å². The molecule has 0 bridgehead atoms. The molecule has 1 aromatic heterocycles. The standard InChI is InChI=1S/C17H24N4/c1-2-4-17-15(3-1)12-19-21(17)16-6-9-20(10-7-16)13-14-5-8-18-11-14/h1-4,12,14,16,18H,5-11,13H2. The molecule has 0 amide bonds. The van der Waals surface area contributed by atoms with E-state index in [-0.39, 0.29) is 0 Å². The molecule has 4 rings (SSSR count). The molecule has 1 aromatic carbocycles. The lowest BCUT2D eigenvalue weighted by molar-refractivity contribution is 0.163. The van der Waals surface area contributed by atoms with E-state index >= 15 is 0 Å². The van der Waals surface area contributed by atoms with Gasteiger partial charge < -0.3 is 10.2 Å². The van der Waals surface area contributed by atoms with Crippen LogP contribution in [0.1, 0.15) is 25.3 Å². The Morgan fingerprint density at radius 1 is 1.14 bits per heavy atom. The average Bonchev–Trinajstić information content (AvgIpc) is 3.17. The van der Waals surface area contributed by atoms with Crippen molar-refractivity contribution in [2.45, 2.75) is 25.3 Å². The third-order valence-corrected chi connectivity index (χ3v) is 5.09. The van der Waals surface area contributed by atoms with Crippen LogP contribution in [0.25, 0.3) is 10.9 Å². The predicted molar refractivity (Wildman–Crippen MR) is 85.4 cm³/mol. The van der Waals surface area contributed by atoms with E-state index in [4.69, 9.17) is 0 Å². The Kier molecular flexibility index (Phi) is 3.65. The third kappa shape index (κ3) is 2.70. The Hall–Kier alpha value is -1.39. The number of nitrogens with zero attached hydrogens (tertiary/aromatic N) is 3. The SMILES string of the molecule is c1ccc2c(c1)cnn2C1CCN(CC2CCNC2)CC1. The fourth-order valence-electron chi connectivity index (χ4n) is 3.86. The van der Waals surface area contributed by atoms with Crippen LogP contribution in [0.2, 0.25) is 0 Å². The summed E-state index contributed by atoms with van der Waals surface area (Å²) in [6.45, 7) is 6.13. The van der Waals surface area contributed by atoms with Crippen molar-refractivity contribution in [3.05, 3.63) is 30.5 Å². The highest BCUT2D eigenvalue weighted by atomic mass is 15.3. The number of benzene rings is 1. The van der Waals surface area contributed by atoms with E-state index in [0.29, 0.717) is 6.04 Å². The maximum Gasteiger partial charge on any atom is 0.0685 e. The molecule has 2 fully saturated rings. The van der Waals surface area contributed by atoms with Crippen molar-refractivity contribution >= 4 is 10.9 Å². The van der Waals surface area contributed by atoms with E-state index in [2.05, 4.69) is 44.3 Å². The fourth-order valence-corrected chi connectivity index (χ4v) is 3.86. The van der Waals surface area contributed by atoms with Gasteiger partial charge in [0.25, 0.3) is 0 Å². The first kappa shape index (κ1) is 13.3. The molecule has 2 aliphatic heterocycles. The topological polar surface area (TPSA) is 33.1 Å².